The van der Waals surface area contributed by atoms with Crippen LogP contribution in [-0.2, 0) is 15.7 Å². The van der Waals surface area contributed by atoms with Crippen molar-refractivity contribution >= 4 is 17.7 Å². The minimum absolute atomic E-state index is 0.208. The third-order valence-corrected chi connectivity index (χ3v) is 4.22. The molecule has 1 aliphatic rings. The minimum Gasteiger partial charge on any atom is -0.449 e. The summed E-state index contributed by atoms with van der Waals surface area (Å²) in [5, 5.41) is 2.23. The number of nitrogens with zero attached hydrogens (tertiary/aromatic N) is 1. The monoisotopic (exact) mass is 390 g/mol. The molecule has 2 rings (SSSR count). The third kappa shape index (κ3) is 5.83. The van der Waals surface area contributed by atoms with Crippen LogP contribution in [0.1, 0.15) is 32.3 Å². The molecule has 1 fully saturated rings. The first kappa shape index (κ1) is 21.0. The van der Waals surface area contributed by atoms with Crippen molar-refractivity contribution in [3.8, 4) is 0 Å². The number of rotatable bonds is 4. The zero-order valence-electron chi connectivity index (χ0n) is 15.1. The molecule has 0 atom stereocenters. The summed E-state index contributed by atoms with van der Waals surface area (Å²) in [6, 6.07) is 1.86. The van der Waals surface area contributed by atoms with E-state index in [1.165, 1.54) is 4.90 Å². The maximum Gasteiger partial charge on any atom is 0.416 e. The lowest BCUT2D eigenvalue weighted by Crippen LogP contribution is -2.42. The first-order chi connectivity index (χ1) is 12.6. The predicted octanol–water partition coefficient (Wildman–Crippen LogP) is 4.29. The van der Waals surface area contributed by atoms with Gasteiger partial charge in [-0.2, -0.15) is 13.2 Å². The Kier molecular flexibility index (Phi) is 6.67. The van der Waals surface area contributed by atoms with Crippen LogP contribution in [0.2, 0.25) is 0 Å². The van der Waals surface area contributed by atoms with E-state index in [-0.39, 0.29) is 5.92 Å². The maximum absolute atomic E-state index is 13.8. The summed E-state index contributed by atoms with van der Waals surface area (Å²) in [5.41, 5.74) is -1.55. The number of piperidine rings is 1. The lowest BCUT2D eigenvalue weighted by molar-refractivity contribution is -0.137. The van der Waals surface area contributed by atoms with E-state index in [2.05, 4.69) is 5.32 Å². The number of hydrogen-bond acceptors (Lipinski definition) is 3. The average Bonchev–Trinajstić information content (AvgIpc) is 2.60. The van der Waals surface area contributed by atoms with Gasteiger partial charge in [-0.1, -0.05) is 13.8 Å². The highest BCUT2D eigenvalue weighted by molar-refractivity contribution is 5.93. The number of carbonyl (C=O) groups is 2. The van der Waals surface area contributed by atoms with Gasteiger partial charge in [-0.3, -0.25) is 4.79 Å². The molecule has 0 bridgehead atoms. The van der Waals surface area contributed by atoms with Crippen LogP contribution in [0.4, 0.5) is 28.0 Å². The zero-order chi connectivity index (χ0) is 20.2. The summed E-state index contributed by atoms with van der Waals surface area (Å²) in [4.78, 5) is 25.7. The van der Waals surface area contributed by atoms with E-state index < -0.39 is 41.2 Å². The molecule has 1 aromatic carbocycles. The number of carbonyl (C=O) groups excluding carboxylic acids is 2. The van der Waals surface area contributed by atoms with Gasteiger partial charge in [-0.05, 0) is 37.0 Å². The van der Waals surface area contributed by atoms with Crippen LogP contribution < -0.4 is 5.32 Å². The van der Waals surface area contributed by atoms with Crippen molar-refractivity contribution in [2.45, 2.75) is 32.9 Å². The lowest BCUT2D eigenvalue weighted by Gasteiger charge is -2.30. The maximum atomic E-state index is 13.8. The van der Waals surface area contributed by atoms with E-state index in [0.717, 1.165) is 0 Å². The Morgan fingerprint density at radius 1 is 1.26 bits per heavy atom. The van der Waals surface area contributed by atoms with Gasteiger partial charge in [0.15, 0.2) is 0 Å². The molecule has 0 aromatic heterocycles. The Morgan fingerprint density at radius 3 is 2.44 bits per heavy atom. The van der Waals surface area contributed by atoms with Gasteiger partial charge in [0.1, 0.15) is 5.82 Å². The summed E-state index contributed by atoms with van der Waals surface area (Å²) in [7, 11) is 0. The van der Waals surface area contributed by atoms with Gasteiger partial charge in [0.05, 0.1) is 17.9 Å². The highest BCUT2D eigenvalue weighted by Crippen LogP contribution is 2.32. The highest BCUT2D eigenvalue weighted by Gasteiger charge is 2.32. The first-order valence-electron chi connectivity index (χ1n) is 8.67. The molecule has 1 N–H and O–H groups in total. The van der Waals surface area contributed by atoms with E-state index in [4.69, 9.17) is 4.74 Å². The predicted molar refractivity (Wildman–Crippen MR) is 90.5 cm³/mol. The molecule has 1 aromatic rings. The molecular formula is C18H22F4N2O3. The van der Waals surface area contributed by atoms with Crippen molar-refractivity contribution in [2.75, 3.05) is 25.0 Å². The Labute approximate surface area is 154 Å². The number of anilines is 1. The fourth-order valence-corrected chi connectivity index (χ4v) is 2.69. The topological polar surface area (TPSA) is 58.6 Å². The SMILES string of the molecule is CC(C)COC(=O)N1CCC(C(=O)Nc2cc(C(F)(F)F)ccc2F)CC1. The normalized spacial score (nSPS) is 15.7. The lowest BCUT2D eigenvalue weighted by atomic mass is 9.96. The van der Waals surface area contributed by atoms with Gasteiger partial charge in [-0.25, -0.2) is 9.18 Å². The van der Waals surface area contributed by atoms with E-state index in [1.807, 2.05) is 13.8 Å². The van der Waals surface area contributed by atoms with Gasteiger partial charge < -0.3 is 15.0 Å². The van der Waals surface area contributed by atoms with Crippen LogP contribution in [0.25, 0.3) is 0 Å². The van der Waals surface area contributed by atoms with Crippen molar-refractivity contribution in [1.82, 2.24) is 4.90 Å². The zero-order valence-corrected chi connectivity index (χ0v) is 15.1. The number of benzene rings is 1. The molecule has 1 aliphatic heterocycles. The van der Waals surface area contributed by atoms with Gasteiger partial charge in [0, 0.05) is 19.0 Å². The molecular weight excluding hydrogens is 368 g/mol. The Morgan fingerprint density at radius 2 is 1.89 bits per heavy atom. The average molecular weight is 390 g/mol. The molecule has 5 nitrogen and oxygen atoms in total. The van der Waals surface area contributed by atoms with Crippen molar-refractivity contribution in [3.05, 3.63) is 29.6 Å². The quantitative estimate of drug-likeness (QED) is 0.781. The number of amides is 2. The van der Waals surface area contributed by atoms with Gasteiger partial charge in [0.25, 0.3) is 0 Å². The van der Waals surface area contributed by atoms with Crippen LogP contribution in [0.15, 0.2) is 18.2 Å². The second-order valence-electron chi connectivity index (χ2n) is 6.91. The fourth-order valence-electron chi connectivity index (χ4n) is 2.69. The van der Waals surface area contributed by atoms with E-state index >= 15 is 0 Å². The molecule has 2 amide bonds. The number of alkyl halides is 3. The Bertz CT molecular complexity index is 684. The van der Waals surface area contributed by atoms with Gasteiger partial charge in [-0.15, -0.1) is 0 Å². The molecule has 9 heteroatoms. The molecule has 1 saturated heterocycles. The summed E-state index contributed by atoms with van der Waals surface area (Å²) in [5.74, 6) is -1.82. The largest absolute Gasteiger partial charge is 0.449 e. The van der Waals surface area contributed by atoms with Crippen LogP contribution in [0.5, 0.6) is 0 Å². The van der Waals surface area contributed by atoms with Crippen molar-refractivity contribution in [3.63, 3.8) is 0 Å². The van der Waals surface area contributed by atoms with E-state index in [9.17, 15) is 27.2 Å². The molecule has 0 radical (unpaired) electrons. The molecule has 27 heavy (non-hydrogen) atoms. The number of ether oxygens (including phenoxy) is 1. The van der Waals surface area contributed by atoms with E-state index in [0.29, 0.717) is 50.7 Å². The smallest absolute Gasteiger partial charge is 0.416 e. The Hall–Kier alpha value is -2.32. The summed E-state index contributed by atoms with van der Waals surface area (Å²) in [6.45, 7) is 4.71. The summed E-state index contributed by atoms with van der Waals surface area (Å²) in [6.07, 6.45) is -4.44. The molecule has 0 unspecified atom stereocenters. The van der Waals surface area contributed by atoms with Crippen molar-refractivity contribution < 1.29 is 31.9 Å². The van der Waals surface area contributed by atoms with Crippen LogP contribution in [0.3, 0.4) is 0 Å². The number of hydrogen-bond donors (Lipinski definition) is 1. The van der Waals surface area contributed by atoms with E-state index in [1.54, 1.807) is 0 Å². The highest BCUT2D eigenvalue weighted by atomic mass is 19.4. The molecule has 150 valence electrons. The van der Waals surface area contributed by atoms with Crippen LogP contribution in [-0.4, -0.2) is 36.6 Å². The van der Waals surface area contributed by atoms with Gasteiger partial charge in [0.2, 0.25) is 5.91 Å². The molecule has 0 saturated carbocycles. The standard InChI is InChI=1S/C18H22F4N2O3/c1-11(2)10-27-17(26)24-7-5-12(6-8-24)16(25)23-15-9-13(18(20,21)22)3-4-14(15)19/h3-4,9,11-12H,5-8,10H2,1-2H3,(H,23,25). The second-order valence-corrected chi connectivity index (χ2v) is 6.91. The van der Waals surface area contributed by atoms with Crippen molar-refractivity contribution in [1.29, 1.82) is 0 Å². The number of halogens is 4. The fraction of sp³-hybridized carbons (Fsp3) is 0.556. The summed E-state index contributed by atoms with van der Waals surface area (Å²) >= 11 is 0. The minimum atomic E-state index is -4.63. The molecule has 0 spiro atoms. The van der Waals surface area contributed by atoms with Crippen LogP contribution in [0, 0.1) is 17.7 Å². The number of likely N-dealkylation sites (tertiary alicyclic amines) is 1. The third-order valence-electron chi connectivity index (χ3n) is 4.22. The first-order valence-corrected chi connectivity index (χ1v) is 8.67. The van der Waals surface area contributed by atoms with Crippen molar-refractivity contribution in [2.24, 2.45) is 11.8 Å². The summed E-state index contributed by atoms with van der Waals surface area (Å²) < 4.78 is 57.1. The molecule has 1 heterocycles. The Balaban J connectivity index is 1.92. The second kappa shape index (κ2) is 8.58. The number of nitrogens with one attached hydrogen (secondary N) is 1. The van der Waals surface area contributed by atoms with Crippen LogP contribution >= 0.6 is 0 Å². The molecule has 0 aliphatic carbocycles. The van der Waals surface area contributed by atoms with Gasteiger partial charge >= 0.3 is 12.3 Å².